The maximum atomic E-state index is 12.5. The van der Waals surface area contributed by atoms with E-state index in [2.05, 4.69) is 20.5 Å². The number of methoxy groups -OCH3 is 1. The molecule has 9 heteroatoms. The molecule has 0 aliphatic rings. The normalized spacial score (nSPS) is 10.5. The number of hydrogen-bond donors (Lipinski definition) is 1. The Morgan fingerprint density at radius 2 is 1.88 bits per heavy atom. The largest absolute Gasteiger partial charge is 0.465 e. The average Bonchev–Trinajstić information content (AvgIpc) is 3.27. The van der Waals surface area contributed by atoms with E-state index in [4.69, 9.17) is 4.74 Å². The van der Waals surface area contributed by atoms with E-state index in [1.54, 1.807) is 36.7 Å². The van der Waals surface area contributed by atoms with Crippen molar-refractivity contribution in [3.05, 3.63) is 84.7 Å². The van der Waals surface area contributed by atoms with E-state index >= 15 is 0 Å². The van der Waals surface area contributed by atoms with Gasteiger partial charge in [0.05, 0.1) is 18.4 Å². The smallest absolute Gasteiger partial charge is 0.337 e. The van der Waals surface area contributed by atoms with Crippen LogP contribution < -0.4 is 5.32 Å². The van der Waals surface area contributed by atoms with E-state index in [9.17, 15) is 9.59 Å². The maximum Gasteiger partial charge on any atom is 0.337 e. The number of esters is 1. The van der Waals surface area contributed by atoms with Gasteiger partial charge < -0.3 is 10.1 Å². The summed E-state index contributed by atoms with van der Waals surface area (Å²) in [5.74, 6) is 0.0513. The highest BCUT2D eigenvalue weighted by atomic mass is 32.2. The lowest BCUT2D eigenvalue weighted by Gasteiger charge is -2.10. The lowest BCUT2D eigenvalue weighted by atomic mass is 10.2. The van der Waals surface area contributed by atoms with Gasteiger partial charge in [-0.2, -0.15) is 0 Å². The molecule has 2 aromatic carbocycles. The first kappa shape index (κ1) is 21.3. The van der Waals surface area contributed by atoms with Crippen molar-refractivity contribution < 1.29 is 14.3 Å². The molecule has 160 valence electrons. The van der Waals surface area contributed by atoms with Crippen molar-refractivity contribution in [3.63, 3.8) is 0 Å². The van der Waals surface area contributed by atoms with E-state index in [-0.39, 0.29) is 11.7 Å². The molecule has 8 nitrogen and oxygen atoms in total. The van der Waals surface area contributed by atoms with Crippen LogP contribution in [0.4, 0.5) is 5.69 Å². The van der Waals surface area contributed by atoms with Crippen molar-refractivity contribution in [2.75, 3.05) is 18.2 Å². The van der Waals surface area contributed by atoms with Gasteiger partial charge in [0.2, 0.25) is 5.91 Å². The third-order valence-corrected chi connectivity index (χ3v) is 5.40. The Morgan fingerprint density at radius 1 is 1.03 bits per heavy atom. The third-order valence-electron chi connectivity index (χ3n) is 4.47. The zero-order valence-electron chi connectivity index (χ0n) is 17.1. The number of carbonyl (C=O) groups is 2. The van der Waals surface area contributed by atoms with Gasteiger partial charge in [-0.25, -0.2) is 4.79 Å². The number of carbonyl (C=O) groups excluding carboxylic acids is 2. The summed E-state index contributed by atoms with van der Waals surface area (Å²) in [6.07, 6.45) is 3.42. The molecule has 1 amide bonds. The van der Waals surface area contributed by atoms with Crippen molar-refractivity contribution in [1.82, 2.24) is 19.7 Å². The van der Waals surface area contributed by atoms with Gasteiger partial charge in [0.15, 0.2) is 11.0 Å². The van der Waals surface area contributed by atoms with E-state index < -0.39 is 5.97 Å². The van der Waals surface area contributed by atoms with Crippen LogP contribution in [0.2, 0.25) is 0 Å². The number of pyridine rings is 1. The summed E-state index contributed by atoms with van der Waals surface area (Å²) < 4.78 is 6.61. The van der Waals surface area contributed by atoms with E-state index in [0.717, 1.165) is 11.3 Å². The van der Waals surface area contributed by atoms with Crippen LogP contribution in [-0.2, 0) is 9.53 Å². The molecule has 4 rings (SSSR count). The van der Waals surface area contributed by atoms with E-state index in [1.807, 2.05) is 47.0 Å². The Balaban J connectivity index is 1.53. The minimum atomic E-state index is -0.464. The fourth-order valence-corrected chi connectivity index (χ4v) is 3.78. The number of aromatic nitrogens is 4. The van der Waals surface area contributed by atoms with Crippen LogP contribution in [0.1, 0.15) is 10.4 Å². The summed E-state index contributed by atoms with van der Waals surface area (Å²) in [4.78, 5) is 28.4. The summed E-state index contributed by atoms with van der Waals surface area (Å²) in [7, 11) is 1.31. The minimum Gasteiger partial charge on any atom is -0.465 e. The highest BCUT2D eigenvalue weighted by molar-refractivity contribution is 7.99. The quantitative estimate of drug-likeness (QED) is 0.341. The third kappa shape index (κ3) is 4.84. The van der Waals surface area contributed by atoms with Gasteiger partial charge in [0.1, 0.15) is 0 Å². The number of nitrogens with zero attached hydrogens (tertiary/aromatic N) is 4. The molecular formula is C23H19N5O3S. The minimum absolute atomic E-state index is 0.112. The van der Waals surface area contributed by atoms with Crippen LogP contribution in [0.15, 0.2) is 84.3 Å². The lowest BCUT2D eigenvalue weighted by Crippen LogP contribution is -2.15. The number of hydrogen-bond acceptors (Lipinski definition) is 7. The molecule has 4 aromatic rings. The van der Waals surface area contributed by atoms with Gasteiger partial charge >= 0.3 is 5.97 Å². The molecule has 2 aromatic heterocycles. The predicted molar refractivity (Wildman–Crippen MR) is 122 cm³/mol. The fourth-order valence-electron chi connectivity index (χ4n) is 3.02. The summed E-state index contributed by atoms with van der Waals surface area (Å²) in [6, 6.07) is 20.0. The van der Waals surface area contributed by atoms with Gasteiger partial charge in [-0.3, -0.25) is 14.3 Å². The number of ether oxygens (including phenoxy) is 1. The van der Waals surface area contributed by atoms with Crippen LogP contribution in [-0.4, -0.2) is 44.5 Å². The van der Waals surface area contributed by atoms with E-state index in [0.29, 0.717) is 22.2 Å². The monoisotopic (exact) mass is 445 g/mol. The van der Waals surface area contributed by atoms with Gasteiger partial charge in [0.25, 0.3) is 0 Å². The first-order chi connectivity index (χ1) is 15.7. The van der Waals surface area contributed by atoms with Crippen molar-refractivity contribution in [1.29, 1.82) is 0 Å². The van der Waals surface area contributed by atoms with Gasteiger partial charge in [0, 0.05) is 29.3 Å². The molecule has 0 atom stereocenters. The summed E-state index contributed by atoms with van der Waals surface area (Å²) >= 11 is 1.27. The molecule has 2 heterocycles. The zero-order chi connectivity index (χ0) is 22.3. The number of rotatable bonds is 7. The first-order valence-electron chi connectivity index (χ1n) is 9.68. The van der Waals surface area contributed by atoms with Crippen LogP contribution in [0.5, 0.6) is 0 Å². The lowest BCUT2D eigenvalue weighted by molar-refractivity contribution is -0.113. The Hall–Kier alpha value is -3.98. The van der Waals surface area contributed by atoms with Crippen LogP contribution in [0.3, 0.4) is 0 Å². The second kappa shape index (κ2) is 9.88. The van der Waals surface area contributed by atoms with Crippen LogP contribution >= 0.6 is 11.8 Å². The van der Waals surface area contributed by atoms with Gasteiger partial charge in [-0.15, -0.1) is 10.2 Å². The zero-order valence-corrected chi connectivity index (χ0v) is 18.0. The number of benzene rings is 2. The molecule has 0 bridgehead atoms. The van der Waals surface area contributed by atoms with Crippen molar-refractivity contribution in [2.45, 2.75) is 5.16 Å². The van der Waals surface area contributed by atoms with Gasteiger partial charge in [-0.1, -0.05) is 36.0 Å². The number of amides is 1. The highest BCUT2D eigenvalue weighted by Gasteiger charge is 2.17. The number of anilines is 1. The molecular weight excluding hydrogens is 426 g/mol. The fraction of sp³-hybridized carbons (Fsp3) is 0.0870. The van der Waals surface area contributed by atoms with Crippen molar-refractivity contribution in [2.24, 2.45) is 0 Å². The molecule has 0 saturated carbocycles. The molecule has 0 aliphatic heterocycles. The van der Waals surface area contributed by atoms with Crippen LogP contribution in [0.25, 0.3) is 17.1 Å². The first-order valence-corrected chi connectivity index (χ1v) is 10.7. The Labute approximate surface area is 188 Å². The standard InChI is InChI=1S/C23H19N5O3S/c1-31-22(30)16-7-5-9-18(13-16)25-20(29)15-32-23-27-26-21(17-8-6-12-24-14-17)28(23)19-10-3-2-4-11-19/h2-14H,15H2,1H3,(H,25,29). The van der Waals surface area contributed by atoms with Gasteiger partial charge in [-0.05, 0) is 42.5 Å². The summed E-state index contributed by atoms with van der Waals surface area (Å²) in [5.41, 5.74) is 2.58. The molecule has 0 saturated heterocycles. The number of para-hydroxylation sites is 1. The molecule has 0 unspecified atom stereocenters. The number of thioether (sulfide) groups is 1. The van der Waals surface area contributed by atoms with Crippen molar-refractivity contribution >= 4 is 29.3 Å². The highest BCUT2D eigenvalue weighted by Crippen LogP contribution is 2.27. The predicted octanol–water partition coefficient (Wildman–Crippen LogP) is 3.85. The maximum absolute atomic E-state index is 12.5. The SMILES string of the molecule is COC(=O)c1cccc(NC(=O)CSc2nnc(-c3cccnc3)n2-c2ccccc2)c1. The molecule has 0 aliphatic carbocycles. The van der Waals surface area contributed by atoms with Crippen molar-refractivity contribution in [3.8, 4) is 17.1 Å². The van der Waals surface area contributed by atoms with Crippen LogP contribution in [0, 0.1) is 0 Å². The Morgan fingerprint density at radius 3 is 2.62 bits per heavy atom. The summed E-state index contributed by atoms with van der Waals surface area (Å²) in [5, 5.41) is 12.0. The second-order valence-corrected chi connectivity index (χ2v) is 7.57. The summed E-state index contributed by atoms with van der Waals surface area (Å²) in [6.45, 7) is 0. The molecule has 32 heavy (non-hydrogen) atoms. The average molecular weight is 446 g/mol. The topological polar surface area (TPSA) is 99.0 Å². The number of nitrogens with one attached hydrogen (secondary N) is 1. The van der Waals surface area contributed by atoms with E-state index in [1.165, 1.54) is 18.9 Å². The second-order valence-electron chi connectivity index (χ2n) is 6.63. The Bertz CT molecular complexity index is 1230. The Kier molecular flexibility index (Phi) is 6.57. The molecule has 0 fully saturated rings. The molecule has 0 spiro atoms. The molecule has 0 radical (unpaired) electrons. The molecule has 1 N–H and O–H groups in total.